The Hall–Kier alpha value is -4.13. The van der Waals surface area contributed by atoms with Crippen LogP contribution in [-0.2, 0) is 22.6 Å². The topological polar surface area (TPSA) is 112 Å². The number of allylic oxidation sites excluding steroid dienone is 2. The van der Waals surface area contributed by atoms with E-state index in [0.29, 0.717) is 19.8 Å². The molecule has 230 valence electrons. The molecule has 0 aromatic heterocycles. The van der Waals surface area contributed by atoms with Gasteiger partial charge in [-0.3, -0.25) is 19.5 Å². The molecule has 4 amide bonds. The quantitative estimate of drug-likeness (QED) is 0.439. The number of fused-ring (bicyclic) bond motifs is 2. The third-order valence-electron chi connectivity index (χ3n) is 8.27. The molecule has 2 aromatic carbocycles. The van der Waals surface area contributed by atoms with Crippen LogP contribution in [-0.4, -0.2) is 117 Å². The molecule has 4 atom stereocenters. The smallest absolute Gasteiger partial charge is 0.334 e. The Bertz CT molecular complexity index is 1480. The lowest BCUT2D eigenvalue weighted by atomic mass is 9.95. The van der Waals surface area contributed by atoms with Crippen molar-refractivity contribution in [2.24, 2.45) is 4.99 Å². The monoisotopic (exact) mass is 615 g/mol. The van der Waals surface area contributed by atoms with Gasteiger partial charge in [0.15, 0.2) is 0 Å². The van der Waals surface area contributed by atoms with Gasteiger partial charge >= 0.3 is 6.03 Å². The molecule has 0 spiro atoms. The first kappa shape index (κ1) is 29.9. The molecule has 11 nitrogen and oxygen atoms in total. The Balaban J connectivity index is 1.36. The van der Waals surface area contributed by atoms with Crippen LogP contribution in [0.25, 0.3) is 0 Å². The van der Waals surface area contributed by atoms with Crippen molar-refractivity contribution >= 4 is 35.2 Å². The first-order valence-corrected chi connectivity index (χ1v) is 15.7. The van der Waals surface area contributed by atoms with Crippen molar-refractivity contribution in [3.05, 3.63) is 89.5 Å². The van der Waals surface area contributed by atoms with E-state index in [-0.39, 0.29) is 54.4 Å². The maximum atomic E-state index is 14.3. The largest absolute Gasteiger partial charge is 0.508 e. The molecule has 4 aliphatic rings. The summed E-state index contributed by atoms with van der Waals surface area (Å²) in [5, 5.41) is 16.4. The second-order valence-electron chi connectivity index (χ2n) is 11.7. The molecule has 3 heterocycles. The highest BCUT2D eigenvalue weighted by molar-refractivity contribution is 8.13. The number of hydrogen-bond donors (Lipinski definition) is 2. The third-order valence-corrected chi connectivity index (χ3v) is 9.25. The Morgan fingerprint density at radius 3 is 2.59 bits per heavy atom. The molecule has 6 rings (SSSR count). The Morgan fingerprint density at radius 1 is 1.07 bits per heavy atom. The second-order valence-corrected chi connectivity index (χ2v) is 12.7. The fraction of sp³-hybridized carbons (Fsp3) is 0.375. The highest BCUT2D eigenvalue weighted by atomic mass is 32.2. The van der Waals surface area contributed by atoms with E-state index in [1.165, 1.54) is 0 Å². The van der Waals surface area contributed by atoms with Gasteiger partial charge in [-0.1, -0.05) is 60.7 Å². The molecule has 2 N–H and O–H groups in total. The minimum Gasteiger partial charge on any atom is -0.508 e. The molecule has 1 aliphatic carbocycles. The van der Waals surface area contributed by atoms with Gasteiger partial charge in [0.1, 0.15) is 18.0 Å². The van der Waals surface area contributed by atoms with Gasteiger partial charge < -0.3 is 20.2 Å². The zero-order valence-corrected chi connectivity index (χ0v) is 25.6. The zero-order chi connectivity index (χ0) is 30.8. The third kappa shape index (κ3) is 6.23. The van der Waals surface area contributed by atoms with E-state index in [1.807, 2.05) is 67.0 Å². The fourth-order valence-corrected chi connectivity index (χ4v) is 7.09. The number of urea groups is 1. The molecule has 44 heavy (non-hydrogen) atoms. The van der Waals surface area contributed by atoms with Gasteiger partial charge in [-0.05, 0) is 42.9 Å². The fourth-order valence-electron chi connectivity index (χ4n) is 6.17. The number of amides is 4. The lowest BCUT2D eigenvalue weighted by molar-refractivity contribution is -0.191. The minimum atomic E-state index is -0.828. The number of aromatic hydroxyl groups is 1. The van der Waals surface area contributed by atoms with E-state index in [9.17, 15) is 19.5 Å². The number of aliphatic imine (C=N–C) groups is 1. The molecule has 0 radical (unpaired) electrons. The van der Waals surface area contributed by atoms with E-state index in [1.54, 1.807) is 55.8 Å². The van der Waals surface area contributed by atoms with Gasteiger partial charge in [0.2, 0.25) is 11.8 Å². The highest BCUT2D eigenvalue weighted by Gasteiger charge is 2.51. The molecule has 2 aromatic rings. The summed E-state index contributed by atoms with van der Waals surface area (Å²) in [6, 6.07) is 15.2. The Kier molecular flexibility index (Phi) is 8.74. The highest BCUT2D eigenvalue weighted by Crippen LogP contribution is 2.34. The molecule has 0 saturated carbocycles. The van der Waals surface area contributed by atoms with E-state index in [4.69, 9.17) is 0 Å². The average molecular weight is 616 g/mol. The molecule has 0 bridgehead atoms. The summed E-state index contributed by atoms with van der Waals surface area (Å²) in [5.41, 5.74) is 4.66. The van der Waals surface area contributed by atoms with Crippen molar-refractivity contribution in [3.8, 4) is 5.75 Å². The number of benzene rings is 2. The van der Waals surface area contributed by atoms with Crippen molar-refractivity contribution in [3.63, 3.8) is 0 Å². The van der Waals surface area contributed by atoms with Crippen molar-refractivity contribution in [2.45, 2.75) is 36.5 Å². The van der Waals surface area contributed by atoms with Crippen LogP contribution in [0.5, 0.6) is 5.75 Å². The summed E-state index contributed by atoms with van der Waals surface area (Å²) in [5.74, 6) is -0.259. The van der Waals surface area contributed by atoms with Crippen LogP contribution >= 0.6 is 11.8 Å². The Labute approximate surface area is 261 Å². The summed E-state index contributed by atoms with van der Waals surface area (Å²) in [6.45, 7) is 1.12. The molecule has 2 saturated heterocycles. The van der Waals surface area contributed by atoms with Crippen LogP contribution in [0.4, 0.5) is 4.79 Å². The second kappa shape index (κ2) is 12.8. The normalized spacial score (nSPS) is 24.9. The van der Waals surface area contributed by atoms with E-state index < -0.39 is 12.2 Å². The minimum absolute atomic E-state index is 0.0477. The standard InChI is InChI=1S/C32H37N7O4S/c1-35(2)20-33-32(43)39-28-18-36(17-24-9-6-10-27-30(24)34-21-44-27)31(42)26(15-22-11-13-25(40)14-12-22)38(28)29(41)19-37(39)16-23-7-4-3-5-8-23/h3-14,21,26-28,30,40H,15-20H2,1-2H3,(H,33,43). The number of hydrogen-bond acceptors (Lipinski definition) is 8. The molecule has 2 fully saturated rings. The van der Waals surface area contributed by atoms with Gasteiger partial charge in [-0.15, -0.1) is 11.8 Å². The van der Waals surface area contributed by atoms with Gasteiger partial charge in [0.05, 0.1) is 36.6 Å². The van der Waals surface area contributed by atoms with E-state index >= 15 is 0 Å². The summed E-state index contributed by atoms with van der Waals surface area (Å²) >= 11 is 1.66. The predicted molar refractivity (Wildman–Crippen MR) is 169 cm³/mol. The first-order valence-electron chi connectivity index (χ1n) is 14.7. The lowest BCUT2D eigenvalue weighted by Gasteiger charge is -2.55. The van der Waals surface area contributed by atoms with Crippen LogP contribution in [0.2, 0.25) is 0 Å². The molecular weight excluding hydrogens is 578 g/mol. The number of phenols is 1. The van der Waals surface area contributed by atoms with Gasteiger partial charge in [0.25, 0.3) is 0 Å². The molecule has 3 aliphatic heterocycles. The van der Waals surface area contributed by atoms with Crippen LogP contribution in [0.3, 0.4) is 0 Å². The number of carbonyl (C=O) groups is 3. The number of thioether (sulfide) groups is 1. The number of hydrazine groups is 1. The SMILES string of the molecule is CN(C)CNC(=O)N1C2CN(CC3=CC=CC4SC=NC34)C(=O)C(Cc3ccc(O)cc3)N2C(=O)CN1Cc1ccccc1. The summed E-state index contributed by atoms with van der Waals surface area (Å²) in [7, 11) is 3.73. The lowest BCUT2D eigenvalue weighted by Crippen LogP contribution is -2.76. The summed E-state index contributed by atoms with van der Waals surface area (Å²) in [4.78, 5) is 52.1. The first-order chi connectivity index (χ1) is 21.3. The van der Waals surface area contributed by atoms with Crippen molar-refractivity contribution in [1.29, 1.82) is 0 Å². The van der Waals surface area contributed by atoms with Gasteiger partial charge in [0, 0.05) is 19.5 Å². The number of nitrogens with one attached hydrogen (secondary N) is 1. The predicted octanol–water partition coefficient (Wildman–Crippen LogP) is 2.27. The van der Waals surface area contributed by atoms with E-state index in [2.05, 4.69) is 16.4 Å². The number of nitrogens with zero attached hydrogens (tertiary/aromatic N) is 6. The van der Waals surface area contributed by atoms with Crippen LogP contribution < -0.4 is 5.32 Å². The zero-order valence-electron chi connectivity index (χ0n) is 24.8. The number of phenolic OH excluding ortho intramolecular Hbond substituents is 1. The number of rotatable bonds is 8. The molecule has 4 unspecified atom stereocenters. The maximum absolute atomic E-state index is 14.3. The maximum Gasteiger partial charge on any atom is 0.334 e. The molecule has 12 heteroatoms. The van der Waals surface area contributed by atoms with Gasteiger partial charge in [-0.25, -0.2) is 14.8 Å². The van der Waals surface area contributed by atoms with Crippen molar-refractivity contribution in [1.82, 2.24) is 30.0 Å². The van der Waals surface area contributed by atoms with Crippen LogP contribution in [0.15, 0.2) is 83.4 Å². The van der Waals surface area contributed by atoms with Gasteiger partial charge in [-0.2, -0.15) is 0 Å². The number of piperazine rings is 1. The van der Waals surface area contributed by atoms with Crippen molar-refractivity contribution in [2.75, 3.05) is 40.4 Å². The molecular formula is C32H37N7O4S. The van der Waals surface area contributed by atoms with E-state index in [0.717, 1.165) is 16.7 Å². The summed E-state index contributed by atoms with van der Waals surface area (Å²) < 4.78 is 0. The number of carbonyl (C=O) groups excluding carboxylic acids is 3. The Morgan fingerprint density at radius 2 is 1.84 bits per heavy atom. The average Bonchev–Trinajstić information content (AvgIpc) is 3.50. The van der Waals surface area contributed by atoms with Crippen LogP contribution in [0, 0.1) is 0 Å². The summed E-state index contributed by atoms with van der Waals surface area (Å²) in [6.07, 6.45) is 5.69. The van der Waals surface area contributed by atoms with Crippen molar-refractivity contribution < 1.29 is 19.5 Å². The van der Waals surface area contributed by atoms with Crippen LogP contribution in [0.1, 0.15) is 11.1 Å².